The largest absolute Gasteiger partial charge is 0.394 e. The van der Waals surface area contributed by atoms with Gasteiger partial charge in [0.2, 0.25) is 0 Å². The lowest BCUT2D eigenvalue weighted by Crippen LogP contribution is -2.39. The Morgan fingerprint density at radius 2 is 1.87 bits per heavy atom. The first kappa shape index (κ1) is 21.3. The van der Waals surface area contributed by atoms with E-state index in [1.165, 1.54) is 48.5 Å². The zero-order valence-corrected chi connectivity index (χ0v) is 15.8. The molecule has 9 heteroatoms. The second kappa shape index (κ2) is 8.91. The molecule has 0 fully saturated rings. The molecule has 3 rings (SSSR count). The maximum Gasteiger partial charge on any atom is 0.284 e. The van der Waals surface area contributed by atoms with E-state index in [1.54, 1.807) is 6.92 Å². The molecule has 3 aromatic rings. The summed E-state index contributed by atoms with van der Waals surface area (Å²) in [4.78, 5) is 25.5. The molecule has 0 spiro atoms. The predicted octanol–water partition coefficient (Wildman–Crippen LogP) is 3.09. The number of hydrogen-bond donors (Lipinski definition) is 2. The molecular weight excluding hydrogens is 399 g/mol. The van der Waals surface area contributed by atoms with Crippen molar-refractivity contribution in [2.75, 3.05) is 6.61 Å². The Hall–Kier alpha value is -3.46. The number of hydrogen-bond acceptors (Lipinski definition) is 4. The monoisotopic (exact) mass is 417 g/mol. The van der Waals surface area contributed by atoms with Crippen molar-refractivity contribution in [2.24, 2.45) is 0 Å². The number of alkyl halides is 2. The fraction of sp³-hybridized carbons (Fsp3) is 0.190. The third kappa shape index (κ3) is 4.57. The molecule has 2 N–H and O–H groups in total. The highest BCUT2D eigenvalue weighted by Gasteiger charge is 2.19. The molecule has 0 aliphatic rings. The Morgan fingerprint density at radius 1 is 1.17 bits per heavy atom. The van der Waals surface area contributed by atoms with E-state index in [4.69, 9.17) is 5.11 Å². The third-order valence-electron chi connectivity index (χ3n) is 4.32. The SMILES string of the molecule is CC(CO)NC(=O)c1cc(-c2ccc(C(F)F)cc2)nn(-c2cccc(F)c2)c1=O. The molecule has 0 saturated heterocycles. The second-order valence-electron chi connectivity index (χ2n) is 6.62. The van der Waals surface area contributed by atoms with E-state index in [0.29, 0.717) is 5.56 Å². The van der Waals surface area contributed by atoms with Crippen molar-refractivity contribution < 1.29 is 23.1 Å². The molecule has 1 amide bonds. The normalized spacial score (nSPS) is 12.1. The highest BCUT2D eigenvalue weighted by Crippen LogP contribution is 2.23. The third-order valence-corrected chi connectivity index (χ3v) is 4.32. The molecule has 0 aliphatic carbocycles. The Labute approximate surface area is 169 Å². The van der Waals surface area contributed by atoms with E-state index >= 15 is 0 Å². The van der Waals surface area contributed by atoms with Crippen LogP contribution in [0.3, 0.4) is 0 Å². The van der Waals surface area contributed by atoms with Crippen molar-refractivity contribution in [1.29, 1.82) is 0 Å². The van der Waals surface area contributed by atoms with Gasteiger partial charge in [0.05, 0.1) is 18.0 Å². The van der Waals surface area contributed by atoms with Gasteiger partial charge in [-0.3, -0.25) is 9.59 Å². The van der Waals surface area contributed by atoms with Crippen molar-refractivity contribution in [2.45, 2.75) is 19.4 Å². The fourth-order valence-electron chi connectivity index (χ4n) is 2.73. The predicted molar refractivity (Wildman–Crippen MR) is 104 cm³/mol. The summed E-state index contributed by atoms with van der Waals surface area (Å²) < 4.78 is 40.2. The molecule has 156 valence electrons. The highest BCUT2D eigenvalue weighted by molar-refractivity contribution is 5.95. The lowest BCUT2D eigenvalue weighted by atomic mass is 10.1. The molecule has 0 saturated carbocycles. The summed E-state index contributed by atoms with van der Waals surface area (Å²) in [6.07, 6.45) is -2.64. The number of amides is 1. The van der Waals surface area contributed by atoms with Gasteiger partial charge in [0, 0.05) is 17.2 Å². The van der Waals surface area contributed by atoms with Crippen LogP contribution in [0.15, 0.2) is 59.4 Å². The maximum atomic E-state index is 13.7. The van der Waals surface area contributed by atoms with Gasteiger partial charge in [0.15, 0.2) is 0 Å². The molecule has 1 heterocycles. The molecule has 0 bridgehead atoms. The minimum absolute atomic E-state index is 0.0929. The van der Waals surface area contributed by atoms with Crippen molar-refractivity contribution >= 4 is 5.91 Å². The van der Waals surface area contributed by atoms with Crippen LogP contribution in [0.25, 0.3) is 16.9 Å². The van der Waals surface area contributed by atoms with Crippen molar-refractivity contribution in [3.63, 3.8) is 0 Å². The van der Waals surface area contributed by atoms with Crippen molar-refractivity contribution in [3.05, 3.63) is 81.9 Å². The van der Waals surface area contributed by atoms with E-state index in [2.05, 4.69) is 10.4 Å². The van der Waals surface area contributed by atoms with Gasteiger partial charge in [0.25, 0.3) is 17.9 Å². The number of carbonyl (C=O) groups is 1. The molecule has 1 aromatic heterocycles. The number of benzene rings is 2. The van der Waals surface area contributed by atoms with Crippen molar-refractivity contribution in [3.8, 4) is 16.9 Å². The number of rotatable bonds is 6. The minimum atomic E-state index is -2.64. The molecule has 2 aromatic carbocycles. The van der Waals surface area contributed by atoms with E-state index in [9.17, 15) is 22.8 Å². The average Bonchev–Trinajstić information content (AvgIpc) is 2.73. The summed E-state index contributed by atoms with van der Waals surface area (Å²) in [7, 11) is 0. The van der Waals surface area contributed by atoms with Crippen LogP contribution >= 0.6 is 0 Å². The number of nitrogens with zero attached hydrogens (tertiary/aromatic N) is 2. The van der Waals surface area contributed by atoms with E-state index in [1.807, 2.05) is 0 Å². The zero-order valence-electron chi connectivity index (χ0n) is 15.8. The van der Waals surface area contributed by atoms with Crippen LogP contribution in [-0.2, 0) is 0 Å². The van der Waals surface area contributed by atoms with Crippen LogP contribution in [0.1, 0.15) is 29.3 Å². The van der Waals surface area contributed by atoms with Crippen LogP contribution in [0.4, 0.5) is 13.2 Å². The first-order chi connectivity index (χ1) is 14.3. The van der Waals surface area contributed by atoms with Gasteiger partial charge in [-0.05, 0) is 31.2 Å². The standard InChI is InChI=1S/C21H18F3N3O3/c1-12(11-28)25-20(29)17-10-18(13-5-7-14(8-6-13)19(23)24)26-27(21(17)30)16-4-2-3-15(22)9-16/h2-10,12,19,28H,11H2,1H3,(H,25,29). The van der Waals surface area contributed by atoms with Crippen LogP contribution in [0.5, 0.6) is 0 Å². The smallest absolute Gasteiger partial charge is 0.284 e. The summed E-state index contributed by atoms with van der Waals surface area (Å²) in [5.41, 5.74) is -0.642. The Balaban J connectivity index is 2.17. The fourth-order valence-corrected chi connectivity index (χ4v) is 2.73. The average molecular weight is 417 g/mol. The van der Waals surface area contributed by atoms with E-state index < -0.39 is 29.8 Å². The van der Waals surface area contributed by atoms with Crippen LogP contribution in [0.2, 0.25) is 0 Å². The summed E-state index contributed by atoms with van der Waals surface area (Å²) in [6, 6.07) is 10.9. The lowest BCUT2D eigenvalue weighted by molar-refractivity contribution is 0.0920. The number of aliphatic hydroxyl groups excluding tert-OH is 1. The number of carbonyl (C=O) groups excluding carboxylic acids is 1. The molecule has 1 atom stereocenters. The minimum Gasteiger partial charge on any atom is -0.394 e. The van der Waals surface area contributed by atoms with Gasteiger partial charge in [-0.2, -0.15) is 9.78 Å². The summed E-state index contributed by atoms with van der Waals surface area (Å²) >= 11 is 0. The van der Waals surface area contributed by atoms with Gasteiger partial charge in [-0.25, -0.2) is 13.2 Å². The Morgan fingerprint density at radius 3 is 2.47 bits per heavy atom. The number of halogens is 3. The summed E-state index contributed by atoms with van der Waals surface area (Å²) in [5, 5.41) is 15.8. The van der Waals surface area contributed by atoms with Gasteiger partial charge in [-0.1, -0.05) is 30.3 Å². The van der Waals surface area contributed by atoms with Gasteiger partial charge < -0.3 is 10.4 Å². The lowest BCUT2D eigenvalue weighted by Gasteiger charge is -2.14. The van der Waals surface area contributed by atoms with Gasteiger partial charge in [0.1, 0.15) is 11.4 Å². The number of nitrogens with one attached hydrogen (secondary N) is 1. The number of aliphatic hydroxyl groups is 1. The summed E-state index contributed by atoms with van der Waals surface area (Å²) in [5.74, 6) is -1.35. The number of aromatic nitrogens is 2. The highest BCUT2D eigenvalue weighted by atomic mass is 19.3. The zero-order chi connectivity index (χ0) is 21.8. The van der Waals surface area contributed by atoms with E-state index in [0.717, 1.165) is 10.7 Å². The Kier molecular flexibility index (Phi) is 6.31. The molecule has 0 aliphatic heterocycles. The van der Waals surface area contributed by atoms with Crippen molar-refractivity contribution in [1.82, 2.24) is 15.1 Å². The second-order valence-corrected chi connectivity index (χ2v) is 6.62. The quantitative estimate of drug-likeness (QED) is 0.646. The van der Waals surface area contributed by atoms with Crippen LogP contribution < -0.4 is 10.9 Å². The van der Waals surface area contributed by atoms with Crippen LogP contribution in [-0.4, -0.2) is 33.4 Å². The van der Waals surface area contributed by atoms with E-state index in [-0.39, 0.29) is 29.1 Å². The first-order valence-corrected chi connectivity index (χ1v) is 9.00. The molecule has 30 heavy (non-hydrogen) atoms. The molecule has 6 nitrogen and oxygen atoms in total. The van der Waals surface area contributed by atoms with Gasteiger partial charge >= 0.3 is 0 Å². The first-order valence-electron chi connectivity index (χ1n) is 9.00. The molecular formula is C21H18F3N3O3. The van der Waals surface area contributed by atoms with Crippen LogP contribution in [0, 0.1) is 5.82 Å². The molecule has 1 unspecified atom stereocenters. The summed E-state index contributed by atoms with van der Waals surface area (Å²) in [6.45, 7) is 1.21. The molecule has 0 radical (unpaired) electrons. The maximum absolute atomic E-state index is 13.7. The Bertz CT molecular complexity index is 1110. The topological polar surface area (TPSA) is 84.2 Å². The van der Waals surface area contributed by atoms with Gasteiger partial charge in [-0.15, -0.1) is 0 Å².